The molecular weight excluding hydrogens is 290 g/mol. The molecule has 1 N–H and O–H groups in total. The molecule has 0 spiro atoms. The van der Waals surface area contributed by atoms with Crippen LogP contribution in [-0.4, -0.2) is 20.7 Å². The third-order valence-corrected chi connectivity index (χ3v) is 3.12. The molecule has 0 bridgehead atoms. The predicted octanol–water partition coefficient (Wildman–Crippen LogP) is 2.77. The molecule has 0 aliphatic rings. The maximum atomic E-state index is 13.4. The van der Waals surface area contributed by atoms with E-state index in [1.807, 2.05) is 13.8 Å². The Bertz CT molecular complexity index is 669. The number of halogens is 2. The number of hydrogen-bond donors (Lipinski definition) is 1. The Labute approximate surface area is 127 Å². The van der Waals surface area contributed by atoms with Crippen LogP contribution in [0.15, 0.2) is 24.5 Å². The molecule has 1 heterocycles. The Kier molecular flexibility index (Phi) is 4.85. The SMILES string of the molecule is CC(=O)N[C@H](CC(C)C)c1ncnn1-c1ccc(F)c(F)c1. The topological polar surface area (TPSA) is 59.8 Å². The summed E-state index contributed by atoms with van der Waals surface area (Å²) >= 11 is 0. The number of carbonyl (C=O) groups is 1. The Morgan fingerprint density at radius 2 is 2.05 bits per heavy atom. The van der Waals surface area contributed by atoms with Gasteiger partial charge in [-0.25, -0.2) is 18.4 Å². The molecule has 0 saturated heterocycles. The summed E-state index contributed by atoms with van der Waals surface area (Å²) < 4.78 is 27.9. The lowest BCUT2D eigenvalue weighted by atomic mass is 10.0. The number of benzene rings is 1. The molecule has 5 nitrogen and oxygen atoms in total. The molecule has 1 aromatic carbocycles. The molecule has 0 unspecified atom stereocenters. The van der Waals surface area contributed by atoms with Gasteiger partial charge in [-0.3, -0.25) is 4.79 Å². The smallest absolute Gasteiger partial charge is 0.217 e. The normalized spacial score (nSPS) is 12.5. The maximum absolute atomic E-state index is 13.4. The van der Waals surface area contributed by atoms with Crippen LogP contribution >= 0.6 is 0 Å². The number of nitrogens with one attached hydrogen (secondary N) is 1. The van der Waals surface area contributed by atoms with Crippen molar-refractivity contribution < 1.29 is 13.6 Å². The van der Waals surface area contributed by atoms with Gasteiger partial charge < -0.3 is 5.32 Å². The first-order valence-electron chi connectivity index (χ1n) is 7.01. The van der Waals surface area contributed by atoms with Crippen molar-refractivity contribution in [1.29, 1.82) is 0 Å². The van der Waals surface area contributed by atoms with E-state index in [4.69, 9.17) is 0 Å². The van der Waals surface area contributed by atoms with Gasteiger partial charge in [-0.2, -0.15) is 5.10 Å². The molecule has 118 valence electrons. The Hall–Kier alpha value is -2.31. The number of hydrogen-bond acceptors (Lipinski definition) is 3. The van der Waals surface area contributed by atoms with Crippen LogP contribution in [0, 0.1) is 17.6 Å². The van der Waals surface area contributed by atoms with Gasteiger partial charge in [-0.1, -0.05) is 13.8 Å². The number of nitrogens with zero attached hydrogens (tertiary/aromatic N) is 3. The highest BCUT2D eigenvalue weighted by Gasteiger charge is 2.21. The Morgan fingerprint density at radius 3 is 2.64 bits per heavy atom. The maximum Gasteiger partial charge on any atom is 0.217 e. The van der Waals surface area contributed by atoms with Crippen LogP contribution < -0.4 is 5.32 Å². The summed E-state index contributed by atoms with van der Waals surface area (Å²) in [6.45, 7) is 5.46. The van der Waals surface area contributed by atoms with Crippen molar-refractivity contribution in [3.05, 3.63) is 42.0 Å². The summed E-state index contributed by atoms with van der Waals surface area (Å²) in [5.74, 6) is -1.28. The third-order valence-electron chi connectivity index (χ3n) is 3.12. The van der Waals surface area contributed by atoms with Gasteiger partial charge in [0.15, 0.2) is 17.5 Å². The van der Waals surface area contributed by atoms with E-state index in [-0.39, 0.29) is 11.9 Å². The molecule has 0 saturated carbocycles. The highest BCUT2D eigenvalue weighted by molar-refractivity contribution is 5.73. The van der Waals surface area contributed by atoms with Crippen LogP contribution in [0.5, 0.6) is 0 Å². The van der Waals surface area contributed by atoms with Crippen LogP contribution in [0.1, 0.15) is 39.1 Å². The largest absolute Gasteiger partial charge is 0.346 e. The molecule has 2 rings (SSSR count). The number of carbonyl (C=O) groups excluding carboxylic acids is 1. The summed E-state index contributed by atoms with van der Waals surface area (Å²) in [5, 5.41) is 6.88. The average Bonchev–Trinajstić information content (AvgIpc) is 2.89. The van der Waals surface area contributed by atoms with Crippen LogP contribution in [-0.2, 0) is 4.79 Å². The highest BCUT2D eigenvalue weighted by atomic mass is 19.2. The van der Waals surface area contributed by atoms with Crippen molar-refractivity contribution in [2.75, 3.05) is 0 Å². The number of aromatic nitrogens is 3. The summed E-state index contributed by atoms with van der Waals surface area (Å²) in [4.78, 5) is 15.6. The average molecular weight is 308 g/mol. The highest BCUT2D eigenvalue weighted by Crippen LogP contribution is 2.22. The quantitative estimate of drug-likeness (QED) is 0.924. The van der Waals surface area contributed by atoms with E-state index in [1.54, 1.807) is 0 Å². The third kappa shape index (κ3) is 3.66. The number of rotatable bonds is 5. The molecule has 0 radical (unpaired) electrons. The van der Waals surface area contributed by atoms with Crippen LogP contribution in [0.4, 0.5) is 8.78 Å². The molecule has 0 aliphatic carbocycles. The molecule has 1 aromatic heterocycles. The molecule has 7 heteroatoms. The predicted molar refractivity (Wildman–Crippen MR) is 77.3 cm³/mol. The lowest BCUT2D eigenvalue weighted by Crippen LogP contribution is -2.29. The molecule has 1 amide bonds. The first-order valence-corrected chi connectivity index (χ1v) is 7.01. The van der Waals surface area contributed by atoms with Gasteiger partial charge >= 0.3 is 0 Å². The van der Waals surface area contributed by atoms with Crippen molar-refractivity contribution in [3.8, 4) is 5.69 Å². The standard InChI is InChI=1S/C15H18F2N4O/c1-9(2)6-14(20-10(3)22)15-18-8-19-21(15)11-4-5-12(16)13(17)7-11/h4-5,7-9,14H,6H2,1-3H3,(H,20,22)/t14-/m1/s1. The Morgan fingerprint density at radius 1 is 1.32 bits per heavy atom. The zero-order valence-corrected chi connectivity index (χ0v) is 12.7. The summed E-state index contributed by atoms with van der Waals surface area (Å²) in [7, 11) is 0. The van der Waals surface area contributed by atoms with E-state index in [9.17, 15) is 13.6 Å². The monoisotopic (exact) mass is 308 g/mol. The van der Waals surface area contributed by atoms with E-state index in [1.165, 1.54) is 24.0 Å². The van der Waals surface area contributed by atoms with Gasteiger partial charge in [-0.15, -0.1) is 0 Å². The van der Waals surface area contributed by atoms with Crippen molar-refractivity contribution in [2.45, 2.75) is 33.2 Å². The molecule has 0 fully saturated rings. The molecule has 22 heavy (non-hydrogen) atoms. The van der Waals surface area contributed by atoms with Crippen LogP contribution in [0.2, 0.25) is 0 Å². The van der Waals surface area contributed by atoms with Crippen molar-refractivity contribution in [3.63, 3.8) is 0 Å². The van der Waals surface area contributed by atoms with E-state index < -0.39 is 11.6 Å². The molecule has 2 aromatic rings. The van der Waals surface area contributed by atoms with E-state index in [0.717, 1.165) is 12.1 Å². The van der Waals surface area contributed by atoms with Gasteiger partial charge in [0.2, 0.25) is 5.91 Å². The summed E-state index contributed by atoms with van der Waals surface area (Å²) in [6.07, 6.45) is 1.98. The van der Waals surface area contributed by atoms with E-state index in [0.29, 0.717) is 23.9 Å². The van der Waals surface area contributed by atoms with Crippen molar-refractivity contribution in [2.24, 2.45) is 5.92 Å². The van der Waals surface area contributed by atoms with Gasteiger partial charge in [0, 0.05) is 13.0 Å². The minimum Gasteiger partial charge on any atom is -0.346 e. The van der Waals surface area contributed by atoms with Gasteiger partial charge in [0.1, 0.15) is 6.33 Å². The summed E-state index contributed by atoms with van der Waals surface area (Å²) in [6, 6.07) is 3.14. The second-order valence-electron chi connectivity index (χ2n) is 5.51. The summed E-state index contributed by atoms with van der Waals surface area (Å²) in [5.41, 5.74) is 0.352. The van der Waals surface area contributed by atoms with Gasteiger partial charge in [0.25, 0.3) is 0 Å². The zero-order chi connectivity index (χ0) is 16.3. The fourth-order valence-electron chi connectivity index (χ4n) is 2.25. The minimum atomic E-state index is -0.959. The second-order valence-corrected chi connectivity index (χ2v) is 5.51. The Balaban J connectivity index is 2.40. The van der Waals surface area contributed by atoms with Crippen molar-refractivity contribution in [1.82, 2.24) is 20.1 Å². The lowest BCUT2D eigenvalue weighted by molar-refractivity contribution is -0.119. The zero-order valence-electron chi connectivity index (χ0n) is 12.7. The molecule has 0 aliphatic heterocycles. The molecule has 1 atom stereocenters. The first kappa shape index (κ1) is 16.1. The molecular formula is C15H18F2N4O. The van der Waals surface area contributed by atoms with Gasteiger partial charge in [-0.05, 0) is 24.5 Å². The fourth-order valence-corrected chi connectivity index (χ4v) is 2.25. The number of amides is 1. The minimum absolute atomic E-state index is 0.189. The van der Waals surface area contributed by atoms with E-state index in [2.05, 4.69) is 15.4 Å². The first-order chi connectivity index (χ1) is 10.4. The fraction of sp³-hybridized carbons (Fsp3) is 0.400. The van der Waals surface area contributed by atoms with E-state index >= 15 is 0 Å². The van der Waals surface area contributed by atoms with Gasteiger partial charge in [0.05, 0.1) is 11.7 Å². The lowest BCUT2D eigenvalue weighted by Gasteiger charge is -2.20. The van der Waals surface area contributed by atoms with Crippen molar-refractivity contribution >= 4 is 5.91 Å². The van der Waals surface area contributed by atoms with Crippen LogP contribution in [0.25, 0.3) is 5.69 Å². The second kappa shape index (κ2) is 6.64. The van der Waals surface area contributed by atoms with Crippen LogP contribution in [0.3, 0.4) is 0 Å².